The topological polar surface area (TPSA) is 21.3 Å². The van der Waals surface area contributed by atoms with Gasteiger partial charge in [0.2, 0.25) is 0 Å². The molecule has 1 N–H and O–H groups in total. The van der Waals surface area contributed by atoms with Crippen molar-refractivity contribution in [3.8, 4) is 5.75 Å². The van der Waals surface area contributed by atoms with Crippen LogP contribution in [0.2, 0.25) is 0 Å². The number of rotatable bonds is 6. The van der Waals surface area contributed by atoms with Crippen LogP contribution in [0.5, 0.6) is 5.75 Å². The summed E-state index contributed by atoms with van der Waals surface area (Å²) in [5, 5.41) is 3.45. The van der Waals surface area contributed by atoms with Crippen LogP contribution in [0.1, 0.15) is 25.0 Å². The van der Waals surface area contributed by atoms with Crippen molar-refractivity contribution >= 4 is 5.69 Å². The molecule has 0 bridgehead atoms. The molecule has 0 aliphatic carbocycles. The summed E-state index contributed by atoms with van der Waals surface area (Å²) in [6.07, 6.45) is 0. The molecule has 20 heavy (non-hydrogen) atoms. The van der Waals surface area contributed by atoms with Crippen LogP contribution in [0.15, 0.2) is 48.5 Å². The van der Waals surface area contributed by atoms with Gasteiger partial charge >= 0.3 is 0 Å². The molecule has 0 aliphatic heterocycles. The van der Waals surface area contributed by atoms with Crippen molar-refractivity contribution in [1.82, 2.24) is 0 Å². The largest absolute Gasteiger partial charge is 0.491 e. The second kappa shape index (κ2) is 6.99. The van der Waals surface area contributed by atoms with E-state index in [-0.39, 0.29) is 0 Å². The molecule has 106 valence electrons. The number of nitrogens with one attached hydrogen (secondary N) is 1. The summed E-state index contributed by atoms with van der Waals surface area (Å²) in [4.78, 5) is 0. The summed E-state index contributed by atoms with van der Waals surface area (Å²) in [6.45, 7) is 7.96. The van der Waals surface area contributed by atoms with E-state index >= 15 is 0 Å². The van der Waals surface area contributed by atoms with Crippen LogP contribution in [-0.2, 0) is 6.54 Å². The van der Waals surface area contributed by atoms with Crippen molar-refractivity contribution in [2.45, 2.75) is 27.3 Å². The van der Waals surface area contributed by atoms with Gasteiger partial charge in [-0.2, -0.15) is 0 Å². The number of benzene rings is 2. The maximum atomic E-state index is 5.84. The quantitative estimate of drug-likeness (QED) is 0.824. The molecule has 0 saturated carbocycles. The fourth-order valence-electron chi connectivity index (χ4n) is 1.90. The average molecular weight is 269 g/mol. The van der Waals surface area contributed by atoms with Crippen LogP contribution in [0, 0.1) is 12.8 Å². The van der Waals surface area contributed by atoms with E-state index in [1.54, 1.807) is 0 Å². The van der Waals surface area contributed by atoms with Crippen LogP contribution in [0.25, 0.3) is 0 Å². The van der Waals surface area contributed by atoms with E-state index in [0.717, 1.165) is 24.6 Å². The van der Waals surface area contributed by atoms with Gasteiger partial charge in [0.25, 0.3) is 0 Å². The number of anilines is 1. The molecular weight excluding hydrogens is 246 g/mol. The van der Waals surface area contributed by atoms with Crippen LogP contribution in [-0.4, -0.2) is 6.61 Å². The Morgan fingerprint density at radius 1 is 1.00 bits per heavy atom. The lowest BCUT2D eigenvalue weighted by atomic mass is 10.1. The number of para-hydroxylation sites is 2. The number of hydrogen-bond acceptors (Lipinski definition) is 2. The maximum absolute atomic E-state index is 5.84. The molecule has 0 unspecified atom stereocenters. The van der Waals surface area contributed by atoms with Gasteiger partial charge in [-0.3, -0.25) is 0 Å². The Morgan fingerprint density at radius 2 is 1.70 bits per heavy atom. The monoisotopic (exact) mass is 269 g/mol. The lowest BCUT2D eigenvalue weighted by Gasteiger charge is -2.14. The van der Waals surface area contributed by atoms with Crippen molar-refractivity contribution in [3.05, 3.63) is 59.7 Å². The van der Waals surface area contributed by atoms with Crippen molar-refractivity contribution in [2.75, 3.05) is 11.9 Å². The zero-order valence-corrected chi connectivity index (χ0v) is 12.5. The van der Waals surface area contributed by atoms with Crippen LogP contribution in [0.3, 0.4) is 0 Å². The molecule has 0 fully saturated rings. The highest BCUT2D eigenvalue weighted by Crippen LogP contribution is 2.24. The second-order valence-electron chi connectivity index (χ2n) is 5.54. The highest BCUT2D eigenvalue weighted by Gasteiger charge is 2.03. The first-order chi connectivity index (χ1) is 9.65. The Labute approximate surface area is 121 Å². The Bertz CT molecular complexity index is 531. The molecule has 0 aromatic heterocycles. The van der Waals surface area contributed by atoms with E-state index in [4.69, 9.17) is 4.74 Å². The lowest BCUT2D eigenvalue weighted by molar-refractivity contribution is 0.272. The summed E-state index contributed by atoms with van der Waals surface area (Å²) in [6, 6.07) is 16.7. The van der Waals surface area contributed by atoms with E-state index in [9.17, 15) is 0 Å². The van der Waals surface area contributed by atoms with Gasteiger partial charge < -0.3 is 10.1 Å². The van der Waals surface area contributed by atoms with Crippen LogP contribution >= 0.6 is 0 Å². The first kappa shape index (κ1) is 14.4. The third kappa shape index (κ3) is 4.30. The van der Waals surface area contributed by atoms with Crippen molar-refractivity contribution < 1.29 is 4.74 Å². The summed E-state index contributed by atoms with van der Waals surface area (Å²) in [5.74, 6) is 1.45. The van der Waals surface area contributed by atoms with E-state index in [1.165, 1.54) is 11.1 Å². The van der Waals surface area contributed by atoms with Gasteiger partial charge in [-0.05, 0) is 30.5 Å². The maximum Gasteiger partial charge on any atom is 0.142 e. The first-order valence-electron chi connectivity index (χ1n) is 7.16. The first-order valence-corrected chi connectivity index (χ1v) is 7.16. The molecule has 0 heterocycles. The van der Waals surface area contributed by atoms with E-state index in [1.807, 2.05) is 18.2 Å². The van der Waals surface area contributed by atoms with Gasteiger partial charge in [-0.15, -0.1) is 0 Å². The Hall–Kier alpha value is -1.96. The van der Waals surface area contributed by atoms with Gasteiger partial charge in [0.1, 0.15) is 5.75 Å². The average Bonchev–Trinajstić information content (AvgIpc) is 2.45. The fourth-order valence-corrected chi connectivity index (χ4v) is 1.90. The molecule has 0 aliphatic rings. The van der Waals surface area contributed by atoms with Crippen LogP contribution < -0.4 is 10.1 Å². The van der Waals surface area contributed by atoms with Crippen molar-refractivity contribution in [3.63, 3.8) is 0 Å². The minimum absolute atomic E-state index is 0.528. The third-order valence-corrected chi connectivity index (χ3v) is 3.06. The molecule has 0 spiro atoms. The van der Waals surface area contributed by atoms with Gasteiger partial charge in [-0.1, -0.05) is 55.8 Å². The number of aryl methyl sites for hydroxylation is 1. The lowest BCUT2D eigenvalue weighted by Crippen LogP contribution is -2.07. The minimum atomic E-state index is 0.528. The summed E-state index contributed by atoms with van der Waals surface area (Å²) in [7, 11) is 0. The molecule has 2 nitrogen and oxygen atoms in total. The smallest absolute Gasteiger partial charge is 0.142 e. The molecule has 2 heteroatoms. The molecule has 0 saturated heterocycles. The molecule has 0 amide bonds. The summed E-state index contributed by atoms with van der Waals surface area (Å²) < 4.78 is 5.84. The molecule has 2 rings (SSSR count). The summed E-state index contributed by atoms with van der Waals surface area (Å²) in [5.41, 5.74) is 3.61. The second-order valence-corrected chi connectivity index (χ2v) is 5.54. The molecular formula is C18H23NO. The molecule has 2 aromatic carbocycles. The zero-order valence-electron chi connectivity index (χ0n) is 12.5. The van der Waals surface area contributed by atoms with Crippen molar-refractivity contribution in [1.29, 1.82) is 0 Å². The van der Waals surface area contributed by atoms with Gasteiger partial charge in [-0.25, -0.2) is 0 Å². The van der Waals surface area contributed by atoms with Gasteiger partial charge in [0, 0.05) is 6.54 Å². The highest BCUT2D eigenvalue weighted by molar-refractivity contribution is 5.56. The Morgan fingerprint density at radius 3 is 2.40 bits per heavy atom. The molecule has 2 aromatic rings. The third-order valence-electron chi connectivity index (χ3n) is 3.06. The van der Waals surface area contributed by atoms with E-state index in [0.29, 0.717) is 5.92 Å². The standard InChI is InChI=1S/C18H23NO/c1-14(2)13-20-18-7-5-4-6-17(18)19-12-16-10-8-15(3)9-11-16/h4-11,14,19H,12-13H2,1-3H3. The van der Waals surface area contributed by atoms with Crippen molar-refractivity contribution in [2.24, 2.45) is 5.92 Å². The SMILES string of the molecule is Cc1ccc(CNc2ccccc2OCC(C)C)cc1. The Balaban J connectivity index is 1.99. The van der Waals surface area contributed by atoms with Crippen LogP contribution in [0.4, 0.5) is 5.69 Å². The molecule has 0 atom stereocenters. The highest BCUT2D eigenvalue weighted by atomic mass is 16.5. The zero-order chi connectivity index (χ0) is 14.4. The minimum Gasteiger partial charge on any atom is -0.491 e. The summed E-state index contributed by atoms with van der Waals surface area (Å²) >= 11 is 0. The van der Waals surface area contributed by atoms with E-state index < -0.39 is 0 Å². The Kier molecular flexibility index (Phi) is 5.05. The normalized spacial score (nSPS) is 10.6. The van der Waals surface area contributed by atoms with Gasteiger partial charge in [0.05, 0.1) is 12.3 Å². The van der Waals surface area contributed by atoms with E-state index in [2.05, 4.69) is 56.4 Å². The number of ether oxygens (including phenoxy) is 1. The van der Waals surface area contributed by atoms with Gasteiger partial charge in [0.15, 0.2) is 0 Å². The number of hydrogen-bond donors (Lipinski definition) is 1. The predicted octanol–water partition coefficient (Wildman–Crippen LogP) is 4.64. The predicted molar refractivity (Wildman–Crippen MR) is 85.3 cm³/mol. The fraction of sp³-hybridized carbons (Fsp3) is 0.333. The molecule has 0 radical (unpaired) electrons.